The summed E-state index contributed by atoms with van der Waals surface area (Å²) >= 11 is 1.70. The average Bonchev–Trinajstić information content (AvgIpc) is 3.25. The number of hydrogen-bond donors (Lipinski definition) is 2. The van der Waals surface area contributed by atoms with Crippen LogP contribution in [0.4, 0.5) is 0 Å². The lowest BCUT2D eigenvalue weighted by Gasteiger charge is -2.31. The van der Waals surface area contributed by atoms with Gasteiger partial charge in [-0.15, -0.1) is 11.3 Å². The number of benzene rings is 1. The van der Waals surface area contributed by atoms with Crippen LogP contribution in [-0.4, -0.2) is 44.9 Å². The topological polar surface area (TPSA) is 73.8 Å². The monoisotopic (exact) mass is 420 g/mol. The maximum absolute atomic E-state index is 12.7. The fourth-order valence-electron chi connectivity index (χ4n) is 3.24. The number of rotatable bonds is 7. The third kappa shape index (κ3) is 5.56. The molecule has 0 spiro atoms. The minimum absolute atomic E-state index is 0.377. The van der Waals surface area contributed by atoms with E-state index in [-0.39, 0.29) is 0 Å². The Bertz CT molecular complexity index is 844. The normalized spacial score (nSPS) is 16.8. The molecule has 1 aromatic heterocycles. The van der Waals surface area contributed by atoms with Gasteiger partial charge in [-0.3, -0.25) is 0 Å². The molecule has 6 nitrogen and oxygen atoms in total. The van der Waals surface area contributed by atoms with E-state index >= 15 is 0 Å². The van der Waals surface area contributed by atoms with E-state index in [0.717, 1.165) is 31.9 Å². The number of nitrogens with zero attached hydrogens (tertiary/aromatic N) is 2. The van der Waals surface area contributed by atoms with Gasteiger partial charge in [-0.2, -0.15) is 4.31 Å². The molecule has 1 aliphatic rings. The number of aliphatic imine (C=N–C) groups is 1. The van der Waals surface area contributed by atoms with Crippen molar-refractivity contribution in [2.45, 2.75) is 31.2 Å². The average molecular weight is 421 g/mol. The molecule has 3 rings (SSSR count). The Labute approximate surface area is 171 Å². The van der Waals surface area contributed by atoms with E-state index in [0.29, 0.717) is 30.4 Å². The molecular weight excluding hydrogens is 392 g/mol. The fourth-order valence-corrected chi connectivity index (χ4v) is 5.36. The number of thiophene rings is 1. The van der Waals surface area contributed by atoms with Crippen molar-refractivity contribution in [1.29, 1.82) is 0 Å². The molecule has 1 saturated heterocycles. The highest BCUT2D eigenvalue weighted by molar-refractivity contribution is 7.89. The second kappa shape index (κ2) is 10.0. The predicted octanol–water partition coefficient (Wildman–Crippen LogP) is 2.90. The summed E-state index contributed by atoms with van der Waals surface area (Å²) in [6.45, 7) is 5.45. The van der Waals surface area contributed by atoms with Gasteiger partial charge >= 0.3 is 0 Å². The van der Waals surface area contributed by atoms with Gasteiger partial charge < -0.3 is 10.6 Å². The molecule has 2 N–H and O–H groups in total. The summed E-state index contributed by atoms with van der Waals surface area (Å²) in [6, 6.07) is 12.8. The van der Waals surface area contributed by atoms with E-state index in [4.69, 9.17) is 0 Å². The van der Waals surface area contributed by atoms with Crippen molar-refractivity contribution in [3.05, 3.63) is 52.7 Å². The summed E-state index contributed by atoms with van der Waals surface area (Å²) in [5.74, 6) is 1.25. The Kier molecular flexibility index (Phi) is 7.47. The highest BCUT2D eigenvalue weighted by Crippen LogP contribution is 2.23. The number of sulfonamides is 1. The maximum Gasteiger partial charge on any atom is 0.243 e. The number of hydrogen-bond acceptors (Lipinski definition) is 4. The molecule has 0 aliphatic carbocycles. The summed E-state index contributed by atoms with van der Waals surface area (Å²) in [6.07, 6.45) is 1.70. The van der Waals surface area contributed by atoms with Crippen LogP contribution in [-0.2, 0) is 16.6 Å². The Morgan fingerprint density at radius 1 is 1.14 bits per heavy atom. The van der Waals surface area contributed by atoms with Gasteiger partial charge in [0.1, 0.15) is 0 Å². The molecule has 1 aliphatic heterocycles. The van der Waals surface area contributed by atoms with Crippen LogP contribution in [0.25, 0.3) is 0 Å². The van der Waals surface area contributed by atoms with Crippen molar-refractivity contribution >= 4 is 27.3 Å². The zero-order valence-electron chi connectivity index (χ0n) is 16.2. The smallest absolute Gasteiger partial charge is 0.243 e. The first-order chi connectivity index (χ1) is 13.6. The van der Waals surface area contributed by atoms with Gasteiger partial charge in [0.25, 0.3) is 0 Å². The first-order valence-corrected chi connectivity index (χ1v) is 12.0. The van der Waals surface area contributed by atoms with Crippen molar-refractivity contribution in [3.63, 3.8) is 0 Å². The minimum atomic E-state index is -3.38. The maximum atomic E-state index is 12.7. The first-order valence-electron chi connectivity index (χ1n) is 9.69. The Balaban J connectivity index is 1.50. The molecule has 1 fully saturated rings. The first kappa shape index (κ1) is 20.8. The van der Waals surface area contributed by atoms with Gasteiger partial charge in [0.2, 0.25) is 10.0 Å². The summed E-state index contributed by atoms with van der Waals surface area (Å²) in [5, 5.41) is 8.75. The zero-order valence-corrected chi connectivity index (χ0v) is 17.8. The molecule has 0 saturated carbocycles. The highest BCUT2D eigenvalue weighted by Gasteiger charge is 2.29. The van der Waals surface area contributed by atoms with E-state index in [1.165, 1.54) is 4.88 Å². The lowest BCUT2D eigenvalue weighted by atomic mass is 9.98. The van der Waals surface area contributed by atoms with Crippen molar-refractivity contribution in [3.8, 4) is 0 Å². The van der Waals surface area contributed by atoms with Crippen molar-refractivity contribution < 1.29 is 8.42 Å². The molecule has 1 aromatic carbocycles. The van der Waals surface area contributed by atoms with Gasteiger partial charge in [-0.25, -0.2) is 13.4 Å². The molecule has 0 atom stereocenters. The minimum Gasteiger partial charge on any atom is -0.357 e. The molecular formula is C20H28N4O2S2. The molecule has 0 amide bonds. The van der Waals surface area contributed by atoms with Crippen LogP contribution in [0.3, 0.4) is 0 Å². The van der Waals surface area contributed by atoms with Gasteiger partial charge in [0.05, 0.1) is 11.4 Å². The van der Waals surface area contributed by atoms with E-state index in [2.05, 4.69) is 34.0 Å². The van der Waals surface area contributed by atoms with Crippen molar-refractivity contribution in [2.24, 2.45) is 10.9 Å². The second-order valence-electron chi connectivity index (χ2n) is 6.82. The van der Waals surface area contributed by atoms with Crippen LogP contribution in [0.5, 0.6) is 0 Å². The van der Waals surface area contributed by atoms with Crippen LogP contribution in [0, 0.1) is 5.92 Å². The lowest BCUT2D eigenvalue weighted by molar-refractivity contribution is 0.273. The number of guanidine groups is 1. The predicted molar refractivity (Wildman–Crippen MR) is 115 cm³/mol. The number of nitrogens with one attached hydrogen (secondary N) is 2. The Morgan fingerprint density at radius 2 is 1.89 bits per heavy atom. The van der Waals surface area contributed by atoms with Crippen LogP contribution < -0.4 is 10.6 Å². The molecule has 152 valence electrons. The molecule has 2 aromatic rings. The second-order valence-corrected chi connectivity index (χ2v) is 9.79. The van der Waals surface area contributed by atoms with E-state index in [9.17, 15) is 8.42 Å². The fraction of sp³-hybridized carbons (Fsp3) is 0.450. The summed E-state index contributed by atoms with van der Waals surface area (Å²) in [5.41, 5.74) is 0. The SMILES string of the molecule is CCNC(=NCc1cccs1)NCC1CCN(S(=O)(=O)c2ccccc2)CC1. The quantitative estimate of drug-likeness (QED) is 0.534. The molecule has 0 radical (unpaired) electrons. The van der Waals surface area contributed by atoms with Crippen LogP contribution in [0.15, 0.2) is 57.7 Å². The number of piperidine rings is 1. The largest absolute Gasteiger partial charge is 0.357 e. The summed E-state index contributed by atoms with van der Waals surface area (Å²) in [7, 11) is -3.38. The Morgan fingerprint density at radius 3 is 2.54 bits per heavy atom. The van der Waals surface area contributed by atoms with E-state index < -0.39 is 10.0 Å². The molecule has 8 heteroatoms. The van der Waals surface area contributed by atoms with E-state index in [1.54, 1.807) is 39.9 Å². The van der Waals surface area contributed by atoms with Crippen molar-refractivity contribution in [1.82, 2.24) is 14.9 Å². The summed E-state index contributed by atoms with van der Waals surface area (Å²) < 4.78 is 27.1. The van der Waals surface area contributed by atoms with Gasteiger partial charge in [-0.1, -0.05) is 24.3 Å². The third-order valence-corrected chi connectivity index (χ3v) is 7.60. The van der Waals surface area contributed by atoms with Gasteiger partial charge in [0.15, 0.2) is 5.96 Å². The third-order valence-electron chi connectivity index (χ3n) is 4.83. The van der Waals surface area contributed by atoms with Gasteiger partial charge in [-0.05, 0) is 49.3 Å². The van der Waals surface area contributed by atoms with Crippen LogP contribution >= 0.6 is 11.3 Å². The van der Waals surface area contributed by atoms with Crippen LogP contribution in [0.1, 0.15) is 24.6 Å². The van der Waals surface area contributed by atoms with Gasteiger partial charge in [0, 0.05) is 31.1 Å². The molecule has 0 unspecified atom stereocenters. The Hall–Kier alpha value is -1.90. The van der Waals surface area contributed by atoms with Crippen molar-refractivity contribution in [2.75, 3.05) is 26.2 Å². The molecule has 0 bridgehead atoms. The van der Waals surface area contributed by atoms with E-state index in [1.807, 2.05) is 12.1 Å². The molecule has 2 heterocycles. The van der Waals surface area contributed by atoms with Crippen LogP contribution in [0.2, 0.25) is 0 Å². The highest BCUT2D eigenvalue weighted by atomic mass is 32.2. The summed E-state index contributed by atoms with van der Waals surface area (Å²) in [4.78, 5) is 6.24. The zero-order chi connectivity index (χ0) is 19.8. The lowest BCUT2D eigenvalue weighted by Crippen LogP contribution is -2.44. The standard InChI is InChI=1S/C20H28N4O2S2/c1-2-21-20(23-16-18-7-6-14-27-18)22-15-17-10-12-24(13-11-17)28(25,26)19-8-4-3-5-9-19/h3-9,14,17H,2,10-13,15-16H2,1H3,(H2,21,22,23). The molecule has 28 heavy (non-hydrogen) atoms.